The monoisotopic (exact) mass is 388 g/mol. The van der Waals surface area contributed by atoms with Crippen LogP contribution in [0, 0.1) is 19.7 Å². The van der Waals surface area contributed by atoms with Crippen LogP contribution in [-0.2, 0) is 11.3 Å². The number of carbonyl (C=O) groups is 3. The molecule has 0 bridgehead atoms. The summed E-state index contributed by atoms with van der Waals surface area (Å²) < 4.78 is 19.9. The highest BCUT2D eigenvalue weighted by molar-refractivity contribution is 6.06. The maximum absolute atomic E-state index is 13.0. The Morgan fingerprint density at radius 1 is 1.11 bits per heavy atom. The minimum absolute atomic E-state index is 0.159. The van der Waals surface area contributed by atoms with Gasteiger partial charge in [-0.3, -0.25) is 9.59 Å². The van der Waals surface area contributed by atoms with Gasteiger partial charge in [-0.15, -0.1) is 0 Å². The van der Waals surface area contributed by atoms with E-state index < -0.39 is 11.8 Å². The van der Waals surface area contributed by atoms with Crippen LogP contribution in [0.5, 0.6) is 0 Å². The number of rotatable bonds is 7. The third-order valence-electron chi connectivity index (χ3n) is 4.65. The summed E-state index contributed by atoms with van der Waals surface area (Å²) in [5, 5.41) is 0. The van der Waals surface area contributed by atoms with Gasteiger partial charge in [0.05, 0.1) is 13.2 Å². The number of halogens is 1. The van der Waals surface area contributed by atoms with Crippen LogP contribution in [0.4, 0.5) is 4.39 Å². The van der Waals surface area contributed by atoms with Gasteiger partial charge in [0.15, 0.2) is 5.78 Å². The number of amides is 1. The molecule has 0 aliphatic carbocycles. The number of benzene rings is 1. The Morgan fingerprint density at radius 3 is 2.25 bits per heavy atom. The first-order valence-electron chi connectivity index (χ1n) is 9.13. The number of ether oxygens (including phenoxy) is 1. The number of ketones is 1. The van der Waals surface area contributed by atoms with E-state index in [1.54, 1.807) is 25.3 Å². The van der Waals surface area contributed by atoms with Gasteiger partial charge in [-0.05, 0) is 57.5 Å². The molecule has 0 aliphatic heterocycles. The van der Waals surface area contributed by atoms with E-state index in [0.717, 1.165) is 0 Å². The molecule has 0 N–H and O–H groups in total. The lowest BCUT2D eigenvalue weighted by Crippen LogP contribution is -2.32. The number of hydrogen-bond acceptors (Lipinski definition) is 4. The molecule has 2 rings (SSSR count). The van der Waals surface area contributed by atoms with Crippen molar-refractivity contribution in [3.8, 4) is 0 Å². The summed E-state index contributed by atoms with van der Waals surface area (Å²) in [4.78, 5) is 39.0. The molecule has 150 valence electrons. The van der Waals surface area contributed by atoms with Crippen LogP contribution < -0.4 is 0 Å². The number of likely N-dealkylation sites (N-methyl/N-ethyl adjacent to an activating group) is 1. The predicted octanol–water partition coefficient (Wildman–Crippen LogP) is 3.40. The Morgan fingerprint density at radius 2 is 1.71 bits per heavy atom. The van der Waals surface area contributed by atoms with E-state index in [1.807, 2.05) is 6.92 Å². The highest BCUT2D eigenvalue weighted by Crippen LogP contribution is 2.24. The van der Waals surface area contributed by atoms with E-state index >= 15 is 0 Å². The summed E-state index contributed by atoms with van der Waals surface area (Å²) in [7, 11) is 1.51. The third kappa shape index (κ3) is 4.13. The first-order valence-corrected chi connectivity index (χ1v) is 9.13. The molecule has 0 saturated carbocycles. The molecule has 1 aromatic heterocycles. The van der Waals surface area contributed by atoms with Crippen LogP contribution in [0.2, 0.25) is 0 Å². The molecule has 0 aliphatic rings. The van der Waals surface area contributed by atoms with Crippen molar-refractivity contribution in [1.82, 2.24) is 9.47 Å². The zero-order chi connectivity index (χ0) is 21.0. The van der Waals surface area contributed by atoms with Crippen molar-refractivity contribution >= 4 is 17.7 Å². The quantitative estimate of drug-likeness (QED) is 0.539. The van der Waals surface area contributed by atoms with Crippen molar-refractivity contribution in [2.45, 2.75) is 34.2 Å². The summed E-state index contributed by atoms with van der Waals surface area (Å²) in [6, 6.07) is 5.15. The molecule has 7 heteroatoms. The van der Waals surface area contributed by atoms with E-state index in [9.17, 15) is 18.8 Å². The molecule has 1 heterocycles. The molecule has 6 nitrogen and oxygen atoms in total. The fourth-order valence-electron chi connectivity index (χ4n) is 3.34. The average Bonchev–Trinajstić information content (AvgIpc) is 2.91. The standard InChI is InChI=1S/C21H25FN2O4/c1-6-24-14(4)18(13(3)19(24)21(27)28-7-2)17(25)12-23(5)20(26)15-8-10-16(22)11-9-15/h8-11H,6-7,12H2,1-5H3. The van der Waals surface area contributed by atoms with E-state index in [4.69, 9.17) is 4.74 Å². The Hall–Kier alpha value is -2.96. The zero-order valence-electron chi connectivity index (χ0n) is 16.8. The highest BCUT2D eigenvalue weighted by Gasteiger charge is 2.27. The molecule has 1 amide bonds. The van der Waals surface area contributed by atoms with Gasteiger partial charge < -0.3 is 14.2 Å². The Labute approximate surface area is 163 Å². The van der Waals surface area contributed by atoms with Gasteiger partial charge in [0, 0.05) is 30.4 Å². The average molecular weight is 388 g/mol. The van der Waals surface area contributed by atoms with Gasteiger partial charge >= 0.3 is 5.97 Å². The van der Waals surface area contributed by atoms with Crippen LogP contribution in [0.25, 0.3) is 0 Å². The second-order valence-corrected chi connectivity index (χ2v) is 6.49. The SMILES string of the molecule is CCOC(=O)c1c(C)c(C(=O)CN(C)C(=O)c2ccc(F)cc2)c(C)n1CC. The first-order chi connectivity index (χ1) is 13.2. The maximum atomic E-state index is 13.0. The summed E-state index contributed by atoms with van der Waals surface area (Å²) in [5.74, 6) is -1.57. The lowest BCUT2D eigenvalue weighted by atomic mass is 10.0. The third-order valence-corrected chi connectivity index (χ3v) is 4.65. The zero-order valence-corrected chi connectivity index (χ0v) is 16.8. The van der Waals surface area contributed by atoms with Gasteiger partial charge in [0.2, 0.25) is 0 Å². The molecule has 0 spiro atoms. The number of esters is 1. The van der Waals surface area contributed by atoms with Gasteiger partial charge in [-0.25, -0.2) is 9.18 Å². The van der Waals surface area contributed by atoms with E-state index in [1.165, 1.54) is 36.2 Å². The maximum Gasteiger partial charge on any atom is 0.355 e. The Kier molecular flexibility index (Phi) is 6.72. The molecular weight excluding hydrogens is 363 g/mol. The molecular formula is C21H25FN2O4. The van der Waals surface area contributed by atoms with Crippen LogP contribution in [0.3, 0.4) is 0 Å². The van der Waals surface area contributed by atoms with Gasteiger partial charge in [0.25, 0.3) is 5.91 Å². The molecule has 1 aromatic carbocycles. The van der Waals surface area contributed by atoms with Gasteiger partial charge in [-0.2, -0.15) is 0 Å². The summed E-state index contributed by atoms with van der Waals surface area (Å²) in [5.41, 5.74) is 2.28. The van der Waals surface area contributed by atoms with Crippen LogP contribution in [0.15, 0.2) is 24.3 Å². The minimum Gasteiger partial charge on any atom is -0.461 e. The number of carbonyl (C=O) groups excluding carboxylic acids is 3. The number of nitrogens with zero attached hydrogens (tertiary/aromatic N) is 2. The van der Waals surface area contributed by atoms with Crippen LogP contribution in [0.1, 0.15) is 56.3 Å². The van der Waals surface area contributed by atoms with E-state index in [-0.39, 0.29) is 24.8 Å². The Balaban J connectivity index is 2.29. The predicted molar refractivity (Wildman–Crippen MR) is 103 cm³/mol. The lowest BCUT2D eigenvalue weighted by molar-refractivity contribution is 0.0512. The van der Waals surface area contributed by atoms with Crippen molar-refractivity contribution in [3.63, 3.8) is 0 Å². The van der Waals surface area contributed by atoms with Crippen molar-refractivity contribution in [2.75, 3.05) is 20.2 Å². The first kappa shape index (κ1) is 21.3. The van der Waals surface area contributed by atoms with Crippen molar-refractivity contribution in [3.05, 3.63) is 58.2 Å². The number of aromatic nitrogens is 1. The number of hydrogen-bond donors (Lipinski definition) is 0. The normalized spacial score (nSPS) is 10.6. The second-order valence-electron chi connectivity index (χ2n) is 6.49. The smallest absolute Gasteiger partial charge is 0.355 e. The van der Waals surface area contributed by atoms with Crippen molar-refractivity contribution in [1.29, 1.82) is 0 Å². The molecule has 28 heavy (non-hydrogen) atoms. The van der Waals surface area contributed by atoms with E-state index in [0.29, 0.717) is 34.6 Å². The van der Waals surface area contributed by atoms with Crippen molar-refractivity contribution < 1.29 is 23.5 Å². The number of Topliss-reactive ketones (excluding diaryl/α,β-unsaturated/α-hetero) is 1. The molecule has 0 fully saturated rings. The fourth-order valence-corrected chi connectivity index (χ4v) is 3.34. The van der Waals surface area contributed by atoms with Crippen LogP contribution >= 0.6 is 0 Å². The molecule has 0 unspecified atom stereocenters. The second kappa shape index (κ2) is 8.82. The highest BCUT2D eigenvalue weighted by atomic mass is 19.1. The Bertz CT molecular complexity index is 900. The molecule has 0 atom stereocenters. The largest absolute Gasteiger partial charge is 0.461 e. The van der Waals surface area contributed by atoms with Crippen molar-refractivity contribution in [2.24, 2.45) is 0 Å². The molecule has 0 radical (unpaired) electrons. The fraction of sp³-hybridized carbons (Fsp3) is 0.381. The summed E-state index contributed by atoms with van der Waals surface area (Å²) in [6.45, 7) is 7.68. The lowest BCUT2D eigenvalue weighted by Gasteiger charge is -2.17. The van der Waals surface area contributed by atoms with Gasteiger partial charge in [-0.1, -0.05) is 0 Å². The topological polar surface area (TPSA) is 68.6 Å². The summed E-state index contributed by atoms with van der Waals surface area (Å²) >= 11 is 0. The van der Waals surface area contributed by atoms with Crippen LogP contribution in [-0.4, -0.2) is 47.3 Å². The van der Waals surface area contributed by atoms with E-state index in [2.05, 4.69) is 0 Å². The molecule has 2 aromatic rings. The van der Waals surface area contributed by atoms with Gasteiger partial charge in [0.1, 0.15) is 11.5 Å². The summed E-state index contributed by atoms with van der Waals surface area (Å²) in [6.07, 6.45) is 0. The molecule has 0 saturated heterocycles. The minimum atomic E-state index is -0.472.